The Balaban J connectivity index is 2.15. The Morgan fingerprint density at radius 1 is 1.27 bits per heavy atom. The fraction of sp³-hybridized carbons (Fsp3) is 0.312. The molecule has 26 heavy (non-hydrogen) atoms. The maximum atomic E-state index is 12.4. The van der Waals surface area contributed by atoms with E-state index in [1.165, 1.54) is 18.4 Å². The highest BCUT2D eigenvalue weighted by atomic mass is 32.2. The molecule has 3 aromatic rings. The van der Waals surface area contributed by atoms with Crippen LogP contribution in [0, 0.1) is 0 Å². The van der Waals surface area contributed by atoms with Gasteiger partial charge in [0.05, 0.1) is 17.0 Å². The normalized spacial score (nSPS) is 12.0. The molecule has 9 nitrogen and oxygen atoms in total. The van der Waals surface area contributed by atoms with Crippen LogP contribution in [0.25, 0.3) is 16.9 Å². The Morgan fingerprint density at radius 2 is 2.08 bits per heavy atom. The summed E-state index contributed by atoms with van der Waals surface area (Å²) in [5.74, 6) is 0.977. The second kappa shape index (κ2) is 7.36. The highest BCUT2D eigenvalue weighted by Crippen LogP contribution is 2.26. The summed E-state index contributed by atoms with van der Waals surface area (Å²) < 4.78 is 32.8. The van der Waals surface area contributed by atoms with E-state index in [1.54, 1.807) is 48.6 Å². The Hall–Kier alpha value is -2.56. The molecular weight excluding hydrogens is 356 g/mol. The molecule has 10 heteroatoms. The number of benzene rings is 1. The summed E-state index contributed by atoms with van der Waals surface area (Å²) >= 11 is 0. The number of nitrogens with zero attached hydrogens (tertiary/aromatic N) is 5. The van der Waals surface area contributed by atoms with E-state index < -0.39 is 10.0 Å². The molecule has 0 saturated carbocycles. The van der Waals surface area contributed by atoms with Gasteiger partial charge in [-0.2, -0.15) is 4.98 Å². The topological polar surface area (TPSA) is 102 Å². The second-order valence-electron chi connectivity index (χ2n) is 5.73. The quantitative estimate of drug-likeness (QED) is 0.617. The van der Waals surface area contributed by atoms with Crippen molar-refractivity contribution in [3.63, 3.8) is 0 Å². The second-order valence-corrected chi connectivity index (χ2v) is 7.88. The van der Waals surface area contributed by atoms with E-state index in [2.05, 4.69) is 20.3 Å². The van der Waals surface area contributed by atoms with Crippen LogP contribution in [0.1, 0.15) is 0 Å². The number of hydrogen-bond acceptors (Lipinski definition) is 7. The third-order valence-corrected chi connectivity index (χ3v) is 5.58. The highest BCUT2D eigenvalue weighted by Gasteiger charge is 2.19. The SMILES string of the molecule is COCCNc1nc(-n2ccnc2)nc2ccc(S(=O)(=O)N(C)C)cc12. The predicted molar refractivity (Wildman–Crippen MR) is 97.9 cm³/mol. The van der Waals surface area contributed by atoms with Crippen molar-refractivity contribution in [2.45, 2.75) is 4.90 Å². The Bertz CT molecular complexity index is 1000. The number of ether oxygens (including phenoxy) is 1. The first-order valence-electron chi connectivity index (χ1n) is 7.89. The molecule has 3 rings (SSSR count). The lowest BCUT2D eigenvalue weighted by molar-refractivity contribution is 0.210. The molecule has 1 aromatic carbocycles. The third-order valence-electron chi connectivity index (χ3n) is 3.77. The first kappa shape index (κ1) is 18.2. The van der Waals surface area contributed by atoms with Crippen molar-refractivity contribution in [3.05, 3.63) is 36.9 Å². The summed E-state index contributed by atoms with van der Waals surface area (Å²) in [5.41, 5.74) is 0.626. The van der Waals surface area contributed by atoms with Crippen LogP contribution in [-0.2, 0) is 14.8 Å². The van der Waals surface area contributed by atoms with Crippen molar-refractivity contribution in [3.8, 4) is 5.95 Å². The van der Waals surface area contributed by atoms with E-state index in [0.717, 1.165) is 0 Å². The van der Waals surface area contributed by atoms with Crippen molar-refractivity contribution < 1.29 is 13.2 Å². The molecule has 0 aliphatic carbocycles. The molecule has 2 heterocycles. The summed E-state index contributed by atoms with van der Waals surface area (Å²) in [6, 6.07) is 4.80. The van der Waals surface area contributed by atoms with Gasteiger partial charge in [0.15, 0.2) is 0 Å². The molecule has 138 valence electrons. The molecule has 0 radical (unpaired) electrons. The number of fused-ring (bicyclic) bond motifs is 1. The molecule has 0 aliphatic heterocycles. The van der Waals surface area contributed by atoms with E-state index in [4.69, 9.17) is 4.74 Å². The van der Waals surface area contributed by atoms with Gasteiger partial charge >= 0.3 is 0 Å². The molecule has 0 saturated heterocycles. The van der Waals surface area contributed by atoms with E-state index in [-0.39, 0.29) is 4.90 Å². The maximum Gasteiger partial charge on any atom is 0.242 e. The molecule has 2 aromatic heterocycles. The molecule has 0 spiro atoms. The number of hydrogen-bond donors (Lipinski definition) is 1. The number of rotatable bonds is 7. The minimum atomic E-state index is -3.55. The van der Waals surface area contributed by atoms with E-state index >= 15 is 0 Å². The van der Waals surface area contributed by atoms with Gasteiger partial charge in [-0.3, -0.25) is 4.57 Å². The zero-order chi connectivity index (χ0) is 18.7. The Labute approximate surface area is 151 Å². The van der Waals surface area contributed by atoms with Crippen LogP contribution in [0.4, 0.5) is 5.82 Å². The fourth-order valence-corrected chi connectivity index (χ4v) is 3.29. The van der Waals surface area contributed by atoms with Crippen molar-refractivity contribution in [1.29, 1.82) is 0 Å². The van der Waals surface area contributed by atoms with Crippen LogP contribution in [0.3, 0.4) is 0 Å². The van der Waals surface area contributed by atoms with E-state index in [1.807, 2.05) is 0 Å². The number of aromatic nitrogens is 4. The van der Waals surface area contributed by atoms with Crippen LogP contribution in [-0.4, -0.2) is 66.6 Å². The summed E-state index contributed by atoms with van der Waals surface area (Å²) in [5, 5.41) is 3.80. The standard InChI is InChI=1S/C16H20N6O3S/c1-21(2)26(23,24)12-4-5-14-13(10-12)15(18-7-9-25-3)20-16(19-14)22-8-6-17-11-22/h4-6,8,10-11H,7,9H2,1-3H3,(H,18,19,20). The number of imidazole rings is 1. The Morgan fingerprint density at radius 3 is 2.73 bits per heavy atom. The monoisotopic (exact) mass is 376 g/mol. The molecule has 0 unspecified atom stereocenters. The number of anilines is 1. The zero-order valence-corrected chi connectivity index (χ0v) is 15.6. The summed E-state index contributed by atoms with van der Waals surface area (Å²) in [7, 11) is 1.05. The van der Waals surface area contributed by atoms with Crippen LogP contribution < -0.4 is 5.32 Å². The Kier molecular flexibility index (Phi) is 5.16. The molecule has 0 aliphatic rings. The van der Waals surface area contributed by atoms with Gasteiger partial charge in [0.1, 0.15) is 12.1 Å². The summed E-state index contributed by atoms with van der Waals surface area (Å²) in [6.45, 7) is 1.01. The average Bonchev–Trinajstić information content (AvgIpc) is 3.15. The number of methoxy groups -OCH3 is 1. The first-order valence-corrected chi connectivity index (χ1v) is 9.33. The van der Waals surface area contributed by atoms with Gasteiger partial charge < -0.3 is 10.1 Å². The molecule has 1 N–H and O–H groups in total. The number of sulfonamides is 1. The van der Waals surface area contributed by atoms with Gasteiger partial charge in [-0.05, 0) is 18.2 Å². The number of nitrogens with one attached hydrogen (secondary N) is 1. The van der Waals surface area contributed by atoms with Gasteiger partial charge in [0.25, 0.3) is 0 Å². The van der Waals surface area contributed by atoms with Gasteiger partial charge in [-0.1, -0.05) is 0 Å². The predicted octanol–water partition coefficient (Wildman–Crippen LogP) is 1.12. The molecular formula is C16H20N6O3S. The van der Waals surface area contributed by atoms with Crippen molar-refractivity contribution in [2.75, 3.05) is 39.7 Å². The minimum Gasteiger partial charge on any atom is -0.383 e. The summed E-state index contributed by atoms with van der Waals surface area (Å²) in [4.78, 5) is 13.2. The van der Waals surface area contributed by atoms with E-state index in [9.17, 15) is 8.42 Å². The van der Waals surface area contributed by atoms with Crippen molar-refractivity contribution in [2.24, 2.45) is 0 Å². The lowest BCUT2D eigenvalue weighted by atomic mass is 10.2. The third kappa shape index (κ3) is 3.52. The average molecular weight is 376 g/mol. The van der Waals surface area contributed by atoms with Crippen LogP contribution in [0.15, 0.2) is 41.8 Å². The molecule has 0 bridgehead atoms. The van der Waals surface area contributed by atoms with Gasteiger partial charge in [-0.25, -0.2) is 22.7 Å². The lowest BCUT2D eigenvalue weighted by Gasteiger charge is -2.14. The largest absolute Gasteiger partial charge is 0.383 e. The van der Waals surface area contributed by atoms with Crippen molar-refractivity contribution in [1.82, 2.24) is 23.8 Å². The first-order chi connectivity index (χ1) is 12.4. The van der Waals surface area contributed by atoms with Crippen LogP contribution in [0.5, 0.6) is 0 Å². The lowest BCUT2D eigenvalue weighted by Crippen LogP contribution is -2.22. The smallest absolute Gasteiger partial charge is 0.242 e. The highest BCUT2D eigenvalue weighted by molar-refractivity contribution is 7.89. The molecule has 0 fully saturated rings. The van der Waals surface area contributed by atoms with E-state index in [0.29, 0.717) is 35.8 Å². The zero-order valence-electron chi connectivity index (χ0n) is 14.7. The van der Waals surface area contributed by atoms with Crippen molar-refractivity contribution >= 4 is 26.7 Å². The van der Waals surface area contributed by atoms with Crippen LogP contribution in [0.2, 0.25) is 0 Å². The summed E-state index contributed by atoms with van der Waals surface area (Å²) in [6.07, 6.45) is 4.98. The van der Waals surface area contributed by atoms with Gasteiger partial charge in [0.2, 0.25) is 16.0 Å². The maximum absolute atomic E-state index is 12.4. The molecule has 0 amide bonds. The van der Waals surface area contributed by atoms with Gasteiger partial charge in [0, 0.05) is 45.5 Å². The van der Waals surface area contributed by atoms with Crippen LogP contribution >= 0.6 is 0 Å². The fourth-order valence-electron chi connectivity index (χ4n) is 2.37. The van der Waals surface area contributed by atoms with Gasteiger partial charge in [-0.15, -0.1) is 0 Å². The molecule has 0 atom stereocenters. The minimum absolute atomic E-state index is 0.184.